The molecule has 186 valence electrons. The van der Waals surface area contributed by atoms with Gasteiger partial charge in [-0.25, -0.2) is 21.8 Å². The number of benzene rings is 2. The van der Waals surface area contributed by atoms with E-state index in [0.717, 1.165) is 23.1 Å². The van der Waals surface area contributed by atoms with E-state index in [-0.39, 0.29) is 35.2 Å². The molecule has 1 aromatic heterocycles. The molecule has 2 aromatic carbocycles. The van der Waals surface area contributed by atoms with E-state index >= 15 is 0 Å². The second-order valence-corrected chi connectivity index (χ2v) is 11.0. The number of likely N-dealkylation sites (N-methyl/N-ethyl adjacent to an activating group) is 2. The smallest absolute Gasteiger partial charge is 0.242 e. The highest BCUT2D eigenvalue weighted by atomic mass is 35.5. The van der Waals surface area contributed by atoms with Crippen LogP contribution in [0.25, 0.3) is 11.0 Å². The van der Waals surface area contributed by atoms with Crippen molar-refractivity contribution in [3.05, 3.63) is 54.4 Å². The zero-order chi connectivity index (χ0) is 21.9. The monoisotopic (exact) mass is 541 g/mol. The molecule has 10 nitrogen and oxygen atoms in total. The molecule has 0 unspecified atom stereocenters. The van der Waals surface area contributed by atoms with Crippen molar-refractivity contribution < 1.29 is 22.3 Å². The van der Waals surface area contributed by atoms with Crippen molar-refractivity contribution in [3.8, 4) is 0 Å². The average Bonchev–Trinajstić information content (AvgIpc) is 3.07. The molecule has 33 heavy (non-hydrogen) atoms. The lowest BCUT2D eigenvalue weighted by atomic mass is 10.3. The minimum Gasteiger partial charge on any atom is -0.412 e. The number of halogens is 2. The summed E-state index contributed by atoms with van der Waals surface area (Å²) in [7, 11) is -3.68. The van der Waals surface area contributed by atoms with E-state index in [0.29, 0.717) is 25.3 Å². The zero-order valence-electron chi connectivity index (χ0n) is 18.3. The van der Waals surface area contributed by atoms with Gasteiger partial charge in [0.1, 0.15) is 5.82 Å². The molecule has 0 spiro atoms. The summed E-state index contributed by atoms with van der Waals surface area (Å²) < 4.78 is 51.7. The van der Waals surface area contributed by atoms with E-state index in [1.807, 2.05) is 36.2 Å². The summed E-state index contributed by atoms with van der Waals surface area (Å²) in [5.74, 6) is 0.818. The Morgan fingerprint density at radius 3 is 2.12 bits per heavy atom. The van der Waals surface area contributed by atoms with Crippen LogP contribution in [0.4, 0.5) is 5.69 Å². The summed E-state index contributed by atoms with van der Waals surface area (Å²) in [6.45, 7) is 1.37. The standard InChI is InChI=1S/C19H25N5O4S2.2ClH.H2O/c1-23(14-19-20-17-6-4-5-7-18(17)21-19)12-13-24(2)30(27,28)16-10-8-15(9-11-16)22-29(3,25)26;;;/h4-11,22H,12-14H2,1-3H3,(H,20,21);2*1H;1H2. The molecule has 0 radical (unpaired) electrons. The third-order valence-corrected chi connectivity index (χ3v) is 7.00. The molecule has 0 atom stereocenters. The molecule has 0 aliphatic carbocycles. The molecule has 14 heteroatoms. The molecule has 0 bridgehead atoms. The van der Waals surface area contributed by atoms with Crippen LogP contribution in [0.3, 0.4) is 0 Å². The highest BCUT2D eigenvalue weighted by Gasteiger charge is 2.21. The zero-order valence-corrected chi connectivity index (χ0v) is 21.6. The number of H-pyrrole nitrogens is 1. The first kappa shape index (κ1) is 31.1. The lowest BCUT2D eigenvalue weighted by molar-refractivity contribution is 0.295. The van der Waals surface area contributed by atoms with Gasteiger partial charge in [-0.2, -0.15) is 4.31 Å². The normalized spacial score (nSPS) is 11.5. The second kappa shape index (κ2) is 12.5. The number of sulfonamides is 2. The van der Waals surface area contributed by atoms with Gasteiger partial charge in [-0.3, -0.25) is 9.62 Å². The fourth-order valence-corrected chi connectivity index (χ4v) is 4.66. The minimum absolute atomic E-state index is 0. The van der Waals surface area contributed by atoms with Crippen LogP contribution in [0.2, 0.25) is 0 Å². The Labute approximate surface area is 206 Å². The van der Waals surface area contributed by atoms with Crippen molar-refractivity contribution in [1.29, 1.82) is 0 Å². The van der Waals surface area contributed by atoms with Crippen molar-refractivity contribution in [2.24, 2.45) is 0 Å². The fourth-order valence-electron chi connectivity index (χ4n) is 2.94. The molecule has 0 saturated carbocycles. The van der Waals surface area contributed by atoms with Crippen LogP contribution in [0.5, 0.6) is 0 Å². The van der Waals surface area contributed by atoms with E-state index < -0.39 is 20.0 Å². The van der Waals surface area contributed by atoms with Crippen molar-refractivity contribution in [2.75, 3.05) is 38.2 Å². The lowest BCUT2D eigenvalue weighted by Gasteiger charge is -2.21. The molecule has 0 aliphatic heterocycles. The van der Waals surface area contributed by atoms with E-state index in [9.17, 15) is 16.8 Å². The molecule has 3 aromatic rings. The number of imidazole rings is 1. The van der Waals surface area contributed by atoms with Gasteiger partial charge in [0.15, 0.2) is 0 Å². The molecule has 3 rings (SSSR count). The van der Waals surface area contributed by atoms with Gasteiger partial charge in [-0.1, -0.05) is 12.1 Å². The number of hydrogen-bond donors (Lipinski definition) is 2. The summed E-state index contributed by atoms with van der Waals surface area (Å²) in [5.41, 5.74) is 2.17. The van der Waals surface area contributed by atoms with Gasteiger partial charge in [-0.05, 0) is 43.4 Å². The molecular weight excluding hydrogens is 513 g/mol. The molecule has 0 fully saturated rings. The average molecular weight is 543 g/mol. The summed E-state index contributed by atoms with van der Waals surface area (Å²) in [5, 5.41) is 0. The number of nitrogens with zero attached hydrogens (tertiary/aromatic N) is 3. The molecule has 0 aliphatic rings. The number of hydrogen-bond acceptors (Lipinski definition) is 6. The summed E-state index contributed by atoms with van der Waals surface area (Å²) >= 11 is 0. The first-order valence-corrected chi connectivity index (χ1v) is 12.5. The molecule has 4 N–H and O–H groups in total. The maximum atomic E-state index is 12.8. The number of rotatable bonds is 9. The fraction of sp³-hybridized carbons (Fsp3) is 0.316. The third-order valence-electron chi connectivity index (χ3n) is 4.52. The van der Waals surface area contributed by atoms with E-state index in [1.165, 1.54) is 35.6 Å². The Morgan fingerprint density at radius 2 is 1.55 bits per heavy atom. The van der Waals surface area contributed by atoms with Crippen LogP contribution in [0.1, 0.15) is 5.82 Å². The number of aromatic amines is 1. The van der Waals surface area contributed by atoms with Gasteiger partial charge in [0.2, 0.25) is 20.0 Å². The van der Waals surface area contributed by atoms with Gasteiger partial charge < -0.3 is 10.5 Å². The molecule has 1 heterocycles. The van der Waals surface area contributed by atoms with Crippen LogP contribution in [-0.4, -0.2) is 74.9 Å². The van der Waals surface area contributed by atoms with Crippen LogP contribution in [-0.2, 0) is 26.6 Å². The predicted molar refractivity (Wildman–Crippen MR) is 135 cm³/mol. The third kappa shape index (κ3) is 8.41. The first-order valence-electron chi connectivity index (χ1n) is 9.21. The lowest BCUT2D eigenvalue weighted by Crippen LogP contribution is -2.34. The van der Waals surface area contributed by atoms with Gasteiger partial charge in [-0.15, -0.1) is 24.8 Å². The summed E-state index contributed by atoms with van der Waals surface area (Å²) in [4.78, 5) is 9.88. The number of anilines is 1. The number of fused-ring (bicyclic) bond motifs is 1. The summed E-state index contributed by atoms with van der Waals surface area (Å²) in [6, 6.07) is 13.4. The Balaban J connectivity index is 0.00000341. The van der Waals surface area contributed by atoms with Gasteiger partial charge >= 0.3 is 0 Å². The van der Waals surface area contributed by atoms with Crippen LogP contribution >= 0.6 is 24.8 Å². The maximum absolute atomic E-state index is 12.8. The van der Waals surface area contributed by atoms with Crippen LogP contribution < -0.4 is 4.72 Å². The Morgan fingerprint density at radius 1 is 0.939 bits per heavy atom. The predicted octanol–water partition coefficient (Wildman–Crippen LogP) is 1.71. The largest absolute Gasteiger partial charge is 0.412 e. The SMILES string of the molecule is CN(CCN(C)S(=O)(=O)c1ccc(NS(C)(=O)=O)cc1)Cc1nc2ccccc2[nH]1.Cl.Cl.O. The van der Waals surface area contributed by atoms with Gasteiger partial charge in [0, 0.05) is 25.8 Å². The summed E-state index contributed by atoms with van der Waals surface area (Å²) in [6.07, 6.45) is 1.04. The molecular formula is C19H29Cl2N5O5S2. The van der Waals surface area contributed by atoms with E-state index in [4.69, 9.17) is 0 Å². The Kier molecular flexibility index (Phi) is 11.8. The van der Waals surface area contributed by atoms with Gasteiger partial charge in [0.05, 0.1) is 28.7 Å². The van der Waals surface area contributed by atoms with Crippen LogP contribution in [0, 0.1) is 0 Å². The number of nitrogens with one attached hydrogen (secondary N) is 2. The topological polar surface area (TPSA) is 147 Å². The molecule has 0 amide bonds. The number of aromatic nitrogens is 2. The highest BCUT2D eigenvalue weighted by Crippen LogP contribution is 2.18. The van der Waals surface area contributed by atoms with Gasteiger partial charge in [0.25, 0.3) is 0 Å². The minimum atomic E-state index is -3.68. The Bertz CT molecular complexity index is 1200. The first-order chi connectivity index (χ1) is 14.0. The van der Waals surface area contributed by atoms with Crippen molar-refractivity contribution in [1.82, 2.24) is 19.2 Å². The molecule has 0 saturated heterocycles. The van der Waals surface area contributed by atoms with Crippen molar-refractivity contribution in [3.63, 3.8) is 0 Å². The van der Waals surface area contributed by atoms with Crippen LogP contribution in [0.15, 0.2) is 53.4 Å². The van der Waals surface area contributed by atoms with Crippen molar-refractivity contribution in [2.45, 2.75) is 11.4 Å². The Hall–Kier alpha value is -1.93. The van der Waals surface area contributed by atoms with Crippen molar-refractivity contribution >= 4 is 61.6 Å². The maximum Gasteiger partial charge on any atom is 0.242 e. The highest BCUT2D eigenvalue weighted by molar-refractivity contribution is 7.92. The van der Waals surface area contributed by atoms with E-state index in [1.54, 1.807) is 0 Å². The van der Waals surface area contributed by atoms with E-state index in [2.05, 4.69) is 14.7 Å². The number of para-hydroxylation sites is 2. The quantitative estimate of drug-likeness (QED) is 0.421. The second-order valence-electron chi connectivity index (χ2n) is 7.16.